The maximum absolute atomic E-state index is 14.5. The van der Waals surface area contributed by atoms with Crippen molar-refractivity contribution in [2.45, 2.75) is 46.3 Å². The van der Waals surface area contributed by atoms with Gasteiger partial charge in [-0.2, -0.15) is 5.01 Å². The Morgan fingerprint density at radius 3 is 2.57 bits per heavy atom. The van der Waals surface area contributed by atoms with Gasteiger partial charge in [0.25, 0.3) is 5.91 Å². The van der Waals surface area contributed by atoms with Gasteiger partial charge >= 0.3 is 0 Å². The van der Waals surface area contributed by atoms with Gasteiger partial charge < -0.3 is 10.5 Å². The van der Waals surface area contributed by atoms with Crippen molar-refractivity contribution in [2.24, 2.45) is 16.3 Å². The van der Waals surface area contributed by atoms with Crippen LogP contribution in [0.5, 0.6) is 0 Å². The number of hydrogen-bond donors (Lipinski definition) is 1. The second-order valence-corrected chi connectivity index (χ2v) is 8.54. The molecule has 0 aliphatic carbocycles. The lowest BCUT2D eigenvalue weighted by Crippen LogP contribution is -2.49. The standard InChI is InChI=1S/C23H27F2N3O2/c1-15-7-5-8-16(13-15)23(11-6-12-26)28(21(29)22(2,3)4)27-20(30-23)18-14-17(24)9-10-19(18)25/h5,7-10,13-14H,6,11-12,26H2,1-4H3. The number of hydrogen-bond acceptors (Lipinski definition) is 4. The number of carbonyl (C=O) groups excluding carboxylic acids is 1. The predicted molar refractivity (Wildman–Crippen MR) is 111 cm³/mol. The molecular formula is C23H27F2N3O2. The summed E-state index contributed by atoms with van der Waals surface area (Å²) in [5, 5.41) is 5.64. The van der Waals surface area contributed by atoms with Crippen LogP contribution < -0.4 is 5.73 Å². The van der Waals surface area contributed by atoms with Gasteiger partial charge in [0.15, 0.2) is 0 Å². The lowest BCUT2D eigenvalue weighted by molar-refractivity contribution is -0.161. The van der Waals surface area contributed by atoms with Crippen LogP contribution in [-0.2, 0) is 15.3 Å². The Bertz CT molecular complexity index is 985. The molecule has 0 fully saturated rings. The molecule has 1 atom stereocenters. The predicted octanol–water partition coefficient (Wildman–Crippen LogP) is 4.43. The molecule has 2 aromatic rings. The van der Waals surface area contributed by atoms with Crippen molar-refractivity contribution in [3.8, 4) is 0 Å². The highest BCUT2D eigenvalue weighted by atomic mass is 19.1. The molecule has 3 rings (SSSR count). The van der Waals surface area contributed by atoms with Crippen molar-refractivity contribution in [3.63, 3.8) is 0 Å². The summed E-state index contributed by atoms with van der Waals surface area (Å²) in [6, 6.07) is 10.6. The molecule has 2 N–H and O–H groups in total. The second kappa shape index (κ2) is 8.14. The molecule has 1 aliphatic heterocycles. The van der Waals surface area contributed by atoms with Crippen LogP contribution in [0.25, 0.3) is 0 Å². The Morgan fingerprint density at radius 1 is 1.20 bits per heavy atom. The van der Waals surface area contributed by atoms with E-state index in [0.717, 1.165) is 23.8 Å². The molecule has 1 heterocycles. The van der Waals surface area contributed by atoms with Gasteiger partial charge in [0.1, 0.15) is 11.6 Å². The summed E-state index contributed by atoms with van der Waals surface area (Å²) in [4.78, 5) is 13.4. The molecule has 1 unspecified atom stereocenters. The lowest BCUT2D eigenvalue weighted by atomic mass is 9.90. The molecule has 1 aliphatic rings. The number of halogens is 2. The smallest absolute Gasteiger partial charge is 0.251 e. The van der Waals surface area contributed by atoms with Crippen LogP contribution in [0, 0.1) is 24.0 Å². The maximum atomic E-state index is 14.5. The number of hydrazone groups is 1. The largest absolute Gasteiger partial charge is 0.443 e. The van der Waals surface area contributed by atoms with Gasteiger partial charge in [0, 0.05) is 17.4 Å². The zero-order chi connectivity index (χ0) is 22.1. The third-order valence-electron chi connectivity index (χ3n) is 4.98. The molecular weight excluding hydrogens is 388 g/mol. The molecule has 0 aromatic heterocycles. The van der Waals surface area contributed by atoms with Gasteiger partial charge in [0.2, 0.25) is 11.6 Å². The van der Waals surface area contributed by atoms with Crippen molar-refractivity contribution in [2.75, 3.05) is 6.54 Å². The average Bonchev–Trinajstić information content (AvgIpc) is 3.07. The molecule has 0 spiro atoms. The SMILES string of the molecule is Cc1cccc(C2(CCCN)OC(c3cc(F)ccc3F)=NN2C(=O)C(C)(C)C)c1. The van der Waals surface area contributed by atoms with Crippen LogP contribution >= 0.6 is 0 Å². The Kier molecular flexibility index (Phi) is 5.94. The number of benzene rings is 2. The number of aryl methyl sites for hydroxylation is 1. The molecule has 5 nitrogen and oxygen atoms in total. The molecule has 0 radical (unpaired) electrons. The van der Waals surface area contributed by atoms with E-state index in [1.165, 1.54) is 5.01 Å². The Labute approximate surface area is 175 Å². The van der Waals surface area contributed by atoms with E-state index in [-0.39, 0.29) is 17.4 Å². The molecule has 0 bridgehead atoms. The fraction of sp³-hybridized carbons (Fsp3) is 0.391. The first-order valence-corrected chi connectivity index (χ1v) is 9.93. The average molecular weight is 415 g/mol. The second-order valence-electron chi connectivity index (χ2n) is 8.54. The molecule has 0 saturated carbocycles. The first-order valence-electron chi connectivity index (χ1n) is 9.93. The monoisotopic (exact) mass is 415 g/mol. The van der Waals surface area contributed by atoms with E-state index < -0.39 is 22.8 Å². The van der Waals surface area contributed by atoms with E-state index in [9.17, 15) is 13.6 Å². The van der Waals surface area contributed by atoms with Crippen LogP contribution in [0.15, 0.2) is 47.6 Å². The minimum absolute atomic E-state index is 0.135. The first kappa shape index (κ1) is 21.9. The van der Waals surface area contributed by atoms with Gasteiger partial charge in [0.05, 0.1) is 5.56 Å². The van der Waals surface area contributed by atoms with Gasteiger partial charge in [-0.1, -0.05) is 50.6 Å². The van der Waals surface area contributed by atoms with Crippen molar-refractivity contribution in [1.29, 1.82) is 0 Å². The van der Waals surface area contributed by atoms with Crippen LogP contribution in [0.3, 0.4) is 0 Å². The topological polar surface area (TPSA) is 67.9 Å². The van der Waals surface area contributed by atoms with Crippen molar-refractivity contribution < 1.29 is 18.3 Å². The fourth-order valence-electron chi connectivity index (χ4n) is 3.40. The number of carbonyl (C=O) groups is 1. The molecule has 160 valence electrons. The number of nitrogens with two attached hydrogens (primary N) is 1. The van der Waals surface area contributed by atoms with E-state index in [0.29, 0.717) is 24.9 Å². The number of ether oxygens (including phenoxy) is 1. The highest BCUT2D eigenvalue weighted by Crippen LogP contribution is 2.43. The summed E-state index contributed by atoms with van der Waals surface area (Å²) in [5.41, 5.74) is 5.22. The quantitative estimate of drug-likeness (QED) is 0.785. The zero-order valence-corrected chi connectivity index (χ0v) is 17.7. The van der Waals surface area contributed by atoms with Crippen molar-refractivity contribution in [3.05, 3.63) is 70.8 Å². The zero-order valence-electron chi connectivity index (χ0n) is 17.7. The highest BCUT2D eigenvalue weighted by Gasteiger charge is 2.51. The number of nitrogens with zero attached hydrogens (tertiary/aromatic N) is 2. The van der Waals surface area contributed by atoms with Gasteiger partial charge in [-0.25, -0.2) is 8.78 Å². The van der Waals surface area contributed by atoms with Gasteiger partial charge in [-0.15, -0.1) is 5.10 Å². The van der Waals surface area contributed by atoms with Crippen LogP contribution in [0.2, 0.25) is 0 Å². The van der Waals surface area contributed by atoms with E-state index in [4.69, 9.17) is 10.5 Å². The highest BCUT2D eigenvalue weighted by molar-refractivity contribution is 5.97. The summed E-state index contributed by atoms with van der Waals surface area (Å²) >= 11 is 0. The van der Waals surface area contributed by atoms with Crippen LogP contribution in [-0.4, -0.2) is 23.4 Å². The number of rotatable bonds is 5. The summed E-state index contributed by atoms with van der Waals surface area (Å²) < 4.78 is 34.6. The lowest BCUT2D eigenvalue weighted by Gasteiger charge is -2.38. The van der Waals surface area contributed by atoms with Crippen LogP contribution in [0.4, 0.5) is 8.78 Å². The molecule has 1 amide bonds. The fourth-order valence-corrected chi connectivity index (χ4v) is 3.40. The normalized spacial score (nSPS) is 18.9. The van der Waals surface area contributed by atoms with Crippen molar-refractivity contribution >= 4 is 11.8 Å². The summed E-state index contributed by atoms with van der Waals surface area (Å²) in [7, 11) is 0. The van der Waals surface area contributed by atoms with Crippen LogP contribution in [0.1, 0.15) is 50.3 Å². The third kappa shape index (κ3) is 4.07. The van der Waals surface area contributed by atoms with Gasteiger partial charge in [-0.05, 0) is 38.1 Å². The summed E-state index contributed by atoms with van der Waals surface area (Å²) in [5.74, 6) is -1.74. The Hall–Kier alpha value is -2.80. The minimum atomic E-state index is -1.30. The van der Waals surface area contributed by atoms with E-state index >= 15 is 0 Å². The first-order chi connectivity index (χ1) is 14.1. The Balaban J connectivity index is 2.21. The van der Waals surface area contributed by atoms with E-state index in [1.54, 1.807) is 20.8 Å². The molecule has 30 heavy (non-hydrogen) atoms. The Morgan fingerprint density at radius 2 is 1.93 bits per heavy atom. The molecule has 0 saturated heterocycles. The minimum Gasteiger partial charge on any atom is -0.443 e. The van der Waals surface area contributed by atoms with E-state index in [1.807, 2.05) is 31.2 Å². The molecule has 2 aromatic carbocycles. The molecule has 7 heteroatoms. The van der Waals surface area contributed by atoms with Gasteiger partial charge in [-0.3, -0.25) is 4.79 Å². The maximum Gasteiger partial charge on any atom is 0.251 e. The van der Waals surface area contributed by atoms with Crippen molar-refractivity contribution in [1.82, 2.24) is 5.01 Å². The summed E-state index contributed by atoms with van der Waals surface area (Å²) in [6.07, 6.45) is 0.884. The number of amides is 1. The third-order valence-corrected chi connectivity index (χ3v) is 4.98. The summed E-state index contributed by atoms with van der Waals surface area (Å²) in [6.45, 7) is 7.62. The van der Waals surface area contributed by atoms with E-state index in [2.05, 4.69) is 5.10 Å².